The number of thiophene rings is 1. The first-order chi connectivity index (χ1) is 12.1. The molecular weight excluding hydrogens is 328 g/mol. The molecule has 1 amide bonds. The lowest BCUT2D eigenvalue weighted by Gasteiger charge is -2.43. The third-order valence-corrected chi connectivity index (χ3v) is 5.78. The fourth-order valence-corrected chi connectivity index (χ4v) is 4.51. The van der Waals surface area contributed by atoms with E-state index in [1.54, 1.807) is 11.3 Å². The number of rotatable bonds is 2. The molecule has 0 spiro atoms. The first-order valence-electron chi connectivity index (χ1n) is 8.35. The van der Waals surface area contributed by atoms with Crippen molar-refractivity contribution in [2.45, 2.75) is 20.0 Å². The number of benzene rings is 2. The van der Waals surface area contributed by atoms with E-state index in [4.69, 9.17) is 0 Å². The molecule has 1 aliphatic heterocycles. The molecule has 4 heteroatoms. The van der Waals surface area contributed by atoms with Gasteiger partial charge in [-0.1, -0.05) is 30.3 Å². The number of fused-ring (bicyclic) bond motifs is 1. The Balaban J connectivity index is 1.95. The lowest BCUT2D eigenvalue weighted by molar-refractivity contribution is 0.0970. The number of anilines is 2. The molecule has 126 valence electrons. The minimum absolute atomic E-state index is 0.0547. The number of amides is 1. The second-order valence-electron chi connectivity index (χ2n) is 6.41. The molecule has 2 heterocycles. The molecule has 1 aromatic heterocycles. The SMILES string of the molecule is Cc1ccc(C2N(C)c3ccccc3C(=O)N2c2ccccc2C)s1. The van der Waals surface area contributed by atoms with E-state index in [0.29, 0.717) is 0 Å². The Hall–Kier alpha value is -2.59. The fraction of sp³-hybridized carbons (Fsp3) is 0.190. The molecule has 0 saturated carbocycles. The van der Waals surface area contributed by atoms with E-state index in [1.165, 1.54) is 9.75 Å². The molecule has 3 aromatic rings. The van der Waals surface area contributed by atoms with Crippen LogP contribution in [0.3, 0.4) is 0 Å². The van der Waals surface area contributed by atoms with Gasteiger partial charge < -0.3 is 4.90 Å². The van der Waals surface area contributed by atoms with Crippen LogP contribution in [0.1, 0.15) is 31.8 Å². The maximum absolute atomic E-state index is 13.4. The molecule has 3 nitrogen and oxygen atoms in total. The van der Waals surface area contributed by atoms with Gasteiger partial charge in [0, 0.05) is 22.5 Å². The first kappa shape index (κ1) is 15.9. The van der Waals surface area contributed by atoms with Crippen LogP contribution in [0.5, 0.6) is 0 Å². The zero-order chi connectivity index (χ0) is 17.6. The first-order valence-corrected chi connectivity index (χ1v) is 9.17. The minimum atomic E-state index is -0.137. The predicted molar refractivity (Wildman–Crippen MR) is 105 cm³/mol. The second kappa shape index (κ2) is 6.05. The van der Waals surface area contributed by atoms with Crippen LogP contribution in [-0.4, -0.2) is 13.0 Å². The van der Waals surface area contributed by atoms with Gasteiger partial charge in [0.1, 0.15) is 6.17 Å². The molecule has 4 rings (SSSR count). The van der Waals surface area contributed by atoms with Crippen LogP contribution in [0.4, 0.5) is 11.4 Å². The molecule has 1 unspecified atom stereocenters. The Morgan fingerprint density at radius 3 is 2.24 bits per heavy atom. The smallest absolute Gasteiger partial charge is 0.262 e. The van der Waals surface area contributed by atoms with E-state index in [9.17, 15) is 4.79 Å². The van der Waals surface area contributed by atoms with E-state index < -0.39 is 0 Å². The molecule has 0 aliphatic carbocycles. The van der Waals surface area contributed by atoms with Gasteiger partial charge in [-0.25, -0.2) is 0 Å². The maximum Gasteiger partial charge on any atom is 0.262 e. The highest BCUT2D eigenvalue weighted by molar-refractivity contribution is 7.12. The third-order valence-electron chi connectivity index (χ3n) is 4.74. The van der Waals surface area contributed by atoms with Crippen molar-refractivity contribution in [2.24, 2.45) is 0 Å². The molecule has 25 heavy (non-hydrogen) atoms. The quantitative estimate of drug-likeness (QED) is 0.638. The minimum Gasteiger partial charge on any atom is -0.349 e. The molecular formula is C21H20N2OS. The van der Waals surface area contributed by atoms with Crippen LogP contribution < -0.4 is 9.80 Å². The van der Waals surface area contributed by atoms with Crippen LogP contribution >= 0.6 is 11.3 Å². The van der Waals surface area contributed by atoms with Gasteiger partial charge >= 0.3 is 0 Å². The van der Waals surface area contributed by atoms with Crippen molar-refractivity contribution < 1.29 is 4.79 Å². The van der Waals surface area contributed by atoms with E-state index in [0.717, 1.165) is 22.5 Å². The van der Waals surface area contributed by atoms with Crippen LogP contribution in [0.2, 0.25) is 0 Å². The van der Waals surface area contributed by atoms with Gasteiger partial charge in [-0.3, -0.25) is 9.69 Å². The summed E-state index contributed by atoms with van der Waals surface area (Å²) in [6, 6.07) is 20.2. The fourth-order valence-electron chi connectivity index (χ4n) is 3.49. The number of aryl methyl sites for hydroxylation is 2. The Labute approximate surface area is 152 Å². The number of hydrogen-bond donors (Lipinski definition) is 0. The van der Waals surface area contributed by atoms with Crippen molar-refractivity contribution in [3.63, 3.8) is 0 Å². The summed E-state index contributed by atoms with van der Waals surface area (Å²) < 4.78 is 0. The normalized spacial score (nSPS) is 16.9. The average Bonchev–Trinajstić information content (AvgIpc) is 3.04. The van der Waals surface area contributed by atoms with Crippen LogP contribution in [0.15, 0.2) is 60.7 Å². The highest BCUT2D eigenvalue weighted by Crippen LogP contribution is 2.42. The standard InChI is InChI=1S/C21H20N2OS/c1-14-8-4-6-10-17(14)23-20(19-13-12-15(2)25-19)22(3)18-11-7-5-9-16(18)21(23)24/h4-13,20H,1-3H3. The third kappa shape index (κ3) is 2.53. The number of hydrogen-bond acceptors (Lipinski definition) is 3. The molecule has 1 atom stereocenters. The highest BCUT2D eigenvalue weighted by atomic mass is 32.1. The topological polar surface area (TPSA) is 23.6 Å². The number of carbonyl (C=O) groups excluding carboxylic acids is 1. The summed E-state index contributed by atoms with van der Waals surface area (Å²) in [6.07, 6.45) is -0.137. The summed E-state index contributed by atoms with van der Waals surface area (Å²) in [5, 5.41) is 0. The lowest BCUT2D eigenvalue weighted by atomic mass is 10.0. The summed E-state index contributed by atoms with van der Waals surface area (Å²) in [5.74, 6) is 0.0547. The summed E-state index contributed by atoms with van der Waals surface area (Å²) in [7, 11) is 2.07. The summed E-state index contributed by atoms with van der Waals surface area (Å²) >= 11 is 1.74. The average molecular weight is 348 g/mol. The summed E-state index contributed by atoms with van der Waals surface area (Å²) in [5.41, 5.74) is 3.79. The van der Waals surface area contributed by atoms with Crippen molar-refractivity contribution >= 4 is 28.6 Å². The molecule has 0 fully saturated rings. The van der Waals surface area contributed by atoms with E-state index in [2.05, 4.69) is 44.0 Å². The van der Waals surface area contributed by atoms with Crippen molar-refractivity contribution in [2.75, 3.05) is 16.8 Å². The van der Waals surface area contributed by atoms with Gasteiger partial charge in [0.25, 0.3) is 5.91 Å². The van der Waals surface area contributed by atoms with Gasteiger partial charge in [0.2, 0.25) is 0 Å². The van der Waals surface area contributed by atoms with Crippen LogP contribution in [-0.2, 0) is 0 Å². The maximum atomic E-state index is 13.4. The van der Waals surface area contributed by atoms with E-state index in [1.807, 2.05) is 47.4 Å². The van der Waals surface area contributed by atoms with Gasteiger partial charge in [-0.2, -0.15) is 0 Å². The molecule has 0 radical (unpaired) electrons. The molecule has 0 bridgehead atoms. The van der Waals surface area contributed by atoms with Gasteiger partial charge in [0.15, 0.2) is 0 Å². The Kier molecular flexibility index (Phi) is 3.85. The molecule has 0 N–H and O–H groups in total. The number of nitrogens with zero attached hydrogens (tertiary/aromatic N) is 2. The second-order valence-corrected chi connectivity index (χ2v) is 7.73. The van der Waals surface area contributed by atoms with Crippen molar-refractivity contribution in [3.05, 3.63) is 81.5 Å². The Morgan fingerprint density at radius 2 is 1.56 bits per heavy atom. The Bertz CT molecular complexity index is 946. The van der Waals surface area contributed by atoms with Gasteiger partial charge in [0.05, 0.1) is 11.3 Å². The van der Waals surface area contributed by atoms with E-state index >= 15 is 0 Å². The van der Waals surface area contributed by atoms with Gasteiger partial charge in [-0.15, -0.1) is 11.3 Å². The molecule has 2 aromatic carbocycles. The highest BCUT2D eigenvalue weighted by Gasteiger charge is 2.38. The van der Waals surface area contributed by atoms with Crippen molar-refractivity contribution in [1.82, 2.24) is 0 Å². The molecule has 0 saturated heterocycles. The number of para-hydroxylation sites is 2. The van der Waals surface area contributed by atoms with Crippen LogP contribution in [0.25, 0.3) is 0 Å². The lowest BCUT2D eigenvalue weighted by Crippen LogP contribution is -2.48. The zero-order valence-corrected chi connectivity index (χ0v) is 15.4. The largest absolute Gasteiger partial charge is 0.349 e. The molecule has 1 aliphatic rings. The van der Waals surface area contributed by atoms with Crippen LogP contribution in [0, 0.1) is 13.8 Å². The Morgan fingerprint density at radius 1 is 0.880 bits per heavy atom. The monoisotopic (exact) mass is 348 g/mol. The summed E-state index contributed by atoms with van der Waals surface area (Å²) in [4.78, 5) is 20.0. The summed E-state index contributed by atoms with van der Waals surface area (Å²) in [6.45, 7) is 4.16. The predicted octanol–water partition coefficient (Wildman–Crippen LogP) is 5.16. The van der Waals surface area contributed by atoms with E-state index in [-0.39, 0.29) is 12.1 Å². The van der Waals surface area contributed by atoms with Crippen molar-refractivity contribution in [3.8, 4) is 0 Å². The number of carbonyl (C=O) groups is 1. The zero-order valence-electron chi connectivity index (χ0n) is 14.6. The van der Waals surface area contributed by atoms with Gasteiger partial charge in [-0.05, 0) is 49.7 Å². The van der Waals surface area contributed by atoms with Crippen molar-refractivity contribution in [1.29, 1.82) is 0 Å².